The van der Waals surface area contributed by atoms with Crippen molar-refractivity contribution in [3.63, 3.8) is 0 Å². The molecule has 3 N–H and O–H groups in total. The second-order valence-electron chi connectivity index (χ2n) is 4.47. The summed E-state index contributed by atoms with van der Waals surface area (Å²) in [6.45, 7) is 2.27. The lowest BCUT2D eigenvalue weighted by atomic mass is 10.1. The molecule has 0 saturated heterocycles. The van der Waals surface area contributed by atoms with Gasteiger partial charge in [0, 0.05) is 18.0 Å². The smallest absolute Gasteiger partial charge is 0.258 e. The number of fused-ring (bicyclic) bond motifs is 1. The summed E-state index contributed by atoms with van der Waals surface area (Å²) in [5, 5.41) is 4.86. The Balaban J connectivity index is 2.04. The predicted molar refractivity (Wildman–Crippen MR) is 76.1 cm³/mol. The Morgan fingerprint density at radius 1 is 1.26 bits per heavy atom. The quantitative estimate of drug-likeness (QED) is 0.857. The normalized spacial score (nSPS) is 12.1. The molecule has 0 spiro atoms. The molecule has 1 amide bonds. The minimum absolute atomic E-state index is 0.00164. The van der Waals surface area contributed by atoms with E-state index in [9.17, 15) is 4.79 Å². The maximum Gasteiger partial charge on any atom is 0.258 e. The first-order valence-corrected chi connectivity index (χ1v) is 6.30. The second kappa shape index (κ2) is 6.20. The number of rotatable bonds is 5. The average molecular weight is 258 g/mol. The van der Waals surface area contributed by atoms with Gasteiger partial charge in [0.1, 0.15) is 5.75 Å². The van der Waals surface area contributed by atoms with E-state index in [1.165, 1.54) is 0 Å². The standard InChI is InChI=1S/C15H18N2O2/c1-11(9-16)17-15(18)10-19-14-8-4-6-12-5-2-3-7-13(12)14/h2-8,11H,9-10,16H2,1H3,(H,17,18). The fourth-order valence-electron chi connectivity index (χ4n) is 1.84. The molecule has 4 nitrogen and oxygen atoms in total. The zero-order chi connectivity index (χ0) is 13.7. The molecule has 1 unspecified atom stereocenters. The van der Waals surface area contributed by atoms with Crippen molar-refractivity contribution in [2.45, 2.75) is 13.0 Å². The third-order valence-corrected chi connectivity index (χ3v) is 2.87. The number of hydrogen-bond acceptors (Lipinski definition) is 3. The van der Waals surface area contributed by atoms with Crippen molar-refractivity contribution in [2.24, 2.45) is 5.73 Å². The summed E-state index contributed by atoms with van der Waals surface area (Å²) >= 11 is 0. The van der Waals surface area contributed by atoms with E-state index < -0.39 is 0 Å². The second-order valence-corrected chi connectivity index (χ2v) is 4.47. The fraction of sp³-hybridized carbons (Fsp3) is 0.267. The SMILES string of the molecule is CC(CN)NC(=O)COc1cccc2ccccc12. The third kappa shape index (κ3) is 3.45. The number of benzene rings is 2. The molecular formula is C15H18N2O2. The maximum absolute atomic E-state index is 11.6. The van der Waals surface area contributed by atoms with Crippen molar-refractivity contribution in [1.29, 1.82) is 0 Å². The lowest BCUT2D eigenvalue weighted by Gasteiger charge is -2.13. The van der Waals surface area contributed by atoms with E-state index in [0.29, 0.717) is 12.3 Å². The number of carbonyl (C=O) groups is 1. The zero-order valence-electron chi connectivity index (χ0n) is 10.9. The van der Waals surface area contributed by atoms with Crippen LogP contribution in [-0.2, 0) is 4.79 Å². The van der Waals surface area contributed by atoms with Crippen LogP contribution in [0.5, 0.6) is 5.75 Å². The fourth-order valence-corrected chi connectivity index (χ4v) is 1.84. The molecule has 0 saturated carbocycles. The molecule has 1 atom stereocenters. The number of amides is 1. The Kier molecular flexibility index (Phi) is 4.36. The van der Waals surface area contributed by atoms with Crippen molar-refractivity contribution < 1.29 is 9.53 Å². The van der Waals surface area contributed by atoms with E-state index in [1.54, 1.807) is 0 Å². The molecule has 0 heterocycles. The number of carbonyl (C=O) groups excluding carboxylic acids is 1. The van der Waals surface area contributed by atoms with Crippen LogP contribution in [0.15, 0.2) is 42.5 Å². The minimum Gasteiger partial charge on any atom is -0.483 e. The predicted octanol–water partition coefficient (Wildman–Crippen LogP) is 1.68. The summed E-state index contributed by atoms with van der Waals surface area (Å²) in [4.78, 5) is 11.6. The van der Waals surface area contributed by atoms with Crippen molar-refractivity contribution >= 4 is 16.7 Å². The van der Waals surface area contributed by atoms with Crippen molar-refractivity contribution in [3.05, 3.63) is 42.5 Å². The van der Waals surface area contributed by atoms with Gasteiger partial charge >= 0.3 is 0 Å². The minimum atomic E-state index is -0.161. The highest BCUT2D eigenvalue weighted by molar-refractivity contribution is 5.88. The number of ether oxygens (including phenoxy) is 1. The Morgan fingerprint density at radius 2 is 2.00 bits per heavy atom. The Labute approximate surface area is 112 Å². The summed E-state index contributed by atoms with van der Waals surface area (Å²) in [6, 6.07) is 13.7. The van der Waals surface area contributed by atoms with Gasteiger partial charge in [0.15, 0.2) is 6.61 Å². The third-order valence-electron chi connectivity index (χ3n) is 2.87. The van der Waals surface area contributed by atoms with Crippen LogP contribution in [-0.4, -0.2) is 25.1 Å². The molecule has 0 aliphatic carbocycles. The van der Waals surface area contributed by atoms with E-state index in [2.05, 4.69) is 5.32 Å². The maximum atomic E-state index is 11.6. The highest BCUT2D eigenvalue weighted by atomic mass is 16.5. The van der Waals surface area contributed by atoms with Gasteiger partial charge in [-0.25, -0.2) is 0 Å². The molecule has 2 aromatic rings. The molecular weight excluding hydrogens is 240 g/mol. The summed E-state index contributed by atoms with van der Waals surface area (Å²) in [6.07, 6.45) is 0. The lowest BCUT2D eigenvalue weighted by molar-refractivity contribution is -0.123. The van der Waals surface area contributed by atoms with Gasteiger partial charge in [0.05, 0.1) is 0 Å². The van der Waals surface area contributed by atoms with Crippen LogP contribution in [0.1, 0.15) is 6.92 Å². The van der Waals surface area contributed by atoms with Crippen LogP contribution in [0.25, 0.3) is 10.8 Å². The molecule has 2 aromatic carbocycles. The molecule has 0 radical (unpaired) electrons. The van der Waals surface area contributed by atoms with Gasteiger partial charge in [-0.15, -0.1) is 0 Å². The molecule has 0 aromatic heterocycles. The first-order valence-electron chi connectivity index (χ1n) is 6.30. The van der Waals surface area contributed by atoms with Gasteiger partial charge in [0.2, 0.25) is 0 Å². The van der Waals surface area contributed by atoms with Gasteiger partial charge in [-0.3, -0.25) is 4.79 Å². The first-order chi connectivity index (χ1) is 9.20. The van der Waals surface area contributed by atoms with Crippen molar-refractivity contribution in [1.82, 2.24) is 5.32 Å². The molecule has 0 bridgehead atoms. The van der Waals surface area contributed by atoms with Crippen LogP contribution in [0.4, 0.5) is 0 Å². The van der Waals surface area contributed by atoms with Crippen LogP contribution in [0.2, 0.25) is 0 Å². The van der Waals surface area contributed by atoms with Gasteiger partial charge in [0.25, 0.3) is 5.91 Å². The molecule has 19 heavy (non-hydrogen) atoms. The molecule has 0 aliphatic rings. The van der Waals surface area contributed by atoms with Crippen LogP contribution in [0.3, 0.4) is 0 Å². The van der Waals surface area contributed by atoms with Gasteiger partial charge in [-0.1, -0.05) is 36.4 Å². The molecule has 4 heteroatoms. The number of nitrogens with two attached hydrogens (primary N) is 1. The Morgan fingerprint density at radius 3 is 2.79 bits per heavy atom. The van der Waals surface area contributed by atoms with Crippen LogP contribution >= 0.6 is 0 Å². The van der Waals surface area contributed by atoms with E-state index >= 15 is 0 Å². The lowest BCUT2D eigenvalue weighted by Crippen LogP contribution is -2.40. The van der Waals surface area contributed by atoms with E-state index in [-0.39, 0.29) is 18.6 Å². The van der Waals surface area contributed by atoms with E-state index in [4.69, 9.17) is 10.5 Å². The molecule has 2 rings (SSSR count). The molecule has 100 valence electrons. The first kappa shape index (κ1) is 13.4. The van der Waals surface area contributed by atoms with E-state index in [1.807, 2.05) is 49.4 Å². The van der Waals surface area contributed by atoms with Crippen molar-refractivity contribution in [3.8, 4) is 5.75 Å². The topological polar surface area (TPSA) is 64.3 Å². The Hall–Kier alpha value is -2.07. The number of nitrogens with one attached hydrogen (secondary N) is 1. The van der Waals surface area contributed by atoms with Crippen LogP contribution in [0, 0.1) is 0 Å². The van der Waals surface area contributed by atoms with Gasteiger partial charge in [-0.05, 0) is 18.4 Å². The summed E-state index contributed by atoms with van der Waals surface area (Å²) in [5.41, 5.74) is 5.45. The summed E-state index contributed by atoms with van der Waals surface area (Å²) < 4.78 is 5.57. The van der Waals surface area contributed by atoms with Gasteiger partial charge in [-0.2, -0.15) is 0 Å². The highest BCUT2D eigenvalue weighted by Crippen LogP contribution is 2.24. The van der Waals surface area contributed by atoms with Crippen molar-refractivity contribution in [2.75, 3.05) is 13.2 Å². The molecule has 0 aliphatic heterocycles. The molecule has 0 fully saturated rings. The zero-order valence-corrected chi connectivity index (χ0v) is 10.9. The highest BCUT2D eigenvalue weighted by Gasteiger charge is 2.07. The largest absolute Gasteiger partial charge is 0.483 e. The monoisotopic (exact) mass is 258 g/mol. The number of hydrogen-bond donors (Lipinski definition) is 2. The average Bonchev–Trinajstić information content (AvgIpc) is 2.44. The summed E-state index contributed by atoms with van der Waals surface area (Å²) in [5.74, 6) is 0.555. The Bertz CT molecular complexity index is 564. The van der Waals surface area contributed by atoms with Gasteiger partial charge < -0.3 is 15.8 Å². The summed E-state index contributed by atoms with van der Waals surface area (Å²) in [7, 11) is 0. The van der Waals surface area contributed by atoms with Crippen LogP contribution < -0.4 is 15.8 Å². The van der Waals surface area contributed by atoms with E-state index in [0.717, 1.165) is 10.8 Å².